The van der Waals surface area contributed by atoms with E-state index in [2.05, 4.69) is 27.5 Å². The van der Waals surface area contributed by atoms with Crippen LogP contribution in [0.2, 0.25) is 5.02 Å². The molecule has 0 spiro atoms. The van der Waals surface area contributed by atoms with E-state index in [-0.39, 0.29) is 12.3 Å². The molecule has 0 fully saturated rings. The van der Waals surface area contributed by atoms with E-state index >= 15 is 0 Å². The average molecular weight is 436 g/mol. The lowest BCUT2D eigenvalue weighted by Crippen LogP contribution is -2.23. The number of pyridine rings is 1. The van der Waals surface area contributed by atoms with Crippen LogP contribution in [0.4, 0.5) is 0 Å². The third kappa shape index (κ3) is 4.09. The van der Waals surface area contributed by atoms with Gasteiger partial charge in [-0.2, -0.15) is 9.36 Å². The minimum Gasteiger partial charge on any atom is -0.488 e. The van der Waals surface area contributed by atoms with E-state index in [1.807, 2.05) is 39.1 Å². The van der Waals surface area contributed by atoms with Crippen LogP contribution in [0.15, 0.2) is 53.5 Å². The largest absolute Gasteiger partial charge is 0.488 e. The fourth-order valence-corrected chi connectivity index (χ4v) is 3.58. The van der Waals surface area contributed by atoms with Crippen LogP contribution in [0.25, 0.3) is 16.9 Å². The molecular weight excluding hydrogens is 414 g/mol. The first-order valence-electron chi connectivity index (χ1n) is 9.79. The lowest BCUT2D eigenvalue weighted by Gasteiger charge is -2.15. The van der Waals surface area contributed by atoms with Gasteiger partial charge in [-0.15, -0.1) is 0 Å². The highest BCUT2D eigenvalue weighted by Gasteiger charge is 2.16. The summed E-state index contributed by atoms with van der Waals surface area (Å²) in [6.45, 7) is 6.22. The zero-order valence-corrected chi connectivity index (χ0v) is 18.5. The Morgan fingerprint density at radius 1 is 1.03 bits per heavy atom. The van der Waals surface area contributed by atoms with E-state index in [1.165, 1.54) is 4.68 Å². The van der Waals surface area contributed by atoms with Crippen molar-refractivity contribution in [1.29, 1.82) is 0 Å². The molecular formula is C23H22ClN5O2. The Bertz CT molecular complexity index is 1310. The maximum Gasteiger partial charge on any atom is 0.368 e. The molecule has 31 heavy (non-hydrogen) atoms. The Morgan fingerprint density at radius 3 is 2.52 bits per heavy atom. The van der Waals surface area contributed by atoms with E-state index in [9.17, 15) is 4.79 Å². The van der Waals surface area contributed by atoms with E-state index < -0.39 is 0 Å². The first kappa shape index (κ1) is 20.8. The quantitative estimate of drug-likeness (QED) is 0.470. The molecule has 0 aliphatic heterocycles. The topological polar surface area (TPSA) is 74.8 Å². The Hall–Kier alpha value is -3.45. The predicted octanol–water partition coefficient (Wildman–Crippen LogP) is 4.19. The average Bonchev–Trinajstić information content (AvgIpc) is 3.08. The van der Waals surface area contributed by atoms with Crippen LogP contribution in [0.1, 0.15) is 22.3 Å². The van der Waals surface area contributed by atoms with Crippen LogP contribution < -0.4 is 10.4 Å². The summed E-state index contributed by atoms with van der Waals surface area (Å²) in [6.07, 6.45) is 1.86. The molecule has 0 saturated carbocycles. The highest BCUT2D eigenvalue weighted by atomic mass is 35.5. The summed E-state index contributed by atoms with van der Waals surface area (Å²) in [6, 6.07) is 13.4. The first-order chi connectivity index (χ1) is 14.8. The molecule has 4 aromatic rings. The second kappa shape index (κ2) is 8.35. The third-order valence-corrected chi connectivity index (χ3v) is 5.48. The number of tetrazole rings is 1. The van der Waals surface area contributed by atoms with Crippen molar-refractivity contribution in [1.82, 2.24) is 24.8 Å². The third-order valence-electron chi connectivity index (χ3n) is 5.13. The summed E-state index contributed by atoms with van der Waals surface area (Å²) in [4.78, 5) is 16.8. The van der Waals surface area contributed by atoms with Crippen molar-refractivity contribution in [3.63, 3.8) is 0 Å². The first-order valence-corrected chi connectivity index (χ1v) is 10.2. The Labute approximate surface area is 184 Å². The normalized spacial score (nSPS) is 11.0. The van der Waals surface area contributed by atoms with Crippen LogP contribution >= 0.6 is 11.6 Å². The van der Waals surface area contributed by atoms with Crippen molar-refractivity contribution in [2.75, 3.05) is 0 Å². The van der Waals surface area contributed by atoms with Crippen LogP contribution in [0.5, 0.6) is 5.75 Å². The summed E-state index contributed by atoms with van der Waals surface area (Å²) < 4.78 is 8.51. The maximum absolute atomic E-state index is 12.3. The van der Waals surface area contributed by atoms with Crippen LogP contribution in [-0.2, 0) is 13.7 Å². The van der Waals surface area contributed by atoms with Gasteiger partial charge in [-0.1, -0.05) is 23.7 Å². The van der Waals surface area contributed by atoms with E-state index in [1.54, 1.807) is 25.2 Å². The number of halogens is 1. The van der Waals surface area contributed by atoms with Gasteiger partial charge in [-0.05, 0) is 78.2 Å². The van der Waals surface area contributed by atoms with Gasteiger partial charge in [0.05, 0.1) is 11.4 Å². The van der Waals surface area contributed by atoms with Crippen LogP contribution in [0, 0.1) is 20.8 Å². The molecule has 4 rings (SSSR count). The lowest BCUT2D eigenvalue weighted by molar-refractivity contribution is 0.303. The number of nitrogens with zero attached hydrogens (tertiary/aromatic N) is 5. The van der Waals surface area contributed by atoms with Gasteiger partial charge < -0.3 is 4.74 Å². The zero-order chi connectivity index (χ0) is 22.1. The van der Waals surface area contributed by atoms with Crippen LogP contribution in [-0.4, -0.2) is 24.8 Å². The molecule has 0 aliphatic rings. The number of aromatic nitrogens is 5. The molecule has 0 bridgehead atoms. The maximum atomic E-state index is 12.3. The second-order valence-corrected chi connectivity index (χ2v) is 7.88. The molecule has 2 heterocycles. The summed E-state index contributed by atoms with van der Waals surface area (Å²) in [7, 11) is 1.54. The zero-order valence-electron chi connectivity index (χ0n) is 17.8. The molecule has 158 valence electrons. The molecule has 0 saturated heterocycles. The second-order valence-electron chi connectivity index (χ2n) is 7.48. The van der Waals surface area contributed by atoms with Crippen molar-refractivity contribution >= 4 is 11.6 Å². The van der Waals surface area contributed by atoms with Crippen LogP contribution in [0.3, 0.4) is 0 Å². The van der Waals surface area contributed by atoms with Crippen molar-refractivity contribution in [3.05, 3.63) is 86.4 Å². The van der Waals surface area contributed by atoms with E-state index in [4.69, 9.17) is 16.3 Å². The number of ether oxygens (including phenoxy) is 1. The molecule has 8 heteroatoms. The number of rotatable bonds is 5. The number of hydrogen-bond donors (Lipinski definition) is 0. The summed E-state index contributed by atoms with van der Waals surface area (Å²) in [5, 5.41) is 8.19. The van der Waals surface area contributed by atoms with E-state index in [0.29, 0.717) is 16.3 Å². The van der Waals surface area contributed by atoms with Crippen molar-refractivity contribution in [2.24, 2.45) is 7.05 Å². The minimum absolute atomic E-state index is 0.181. The molecule has 0 unspecified atom stereocenters. The summed E-state index contributed by atoms with van der Waals surface area (Å²) in [5.74, 6) is 0.741. The molecule has 0 aliphatic carbocycles. The lowest BCUT2D eigenvalue weighted by atomic mass is 10.0. The smallest absolute Gasteiger partial charge is 0.368 e. The molecule has 0 atom stereocenters. The van der Waals surface area contributed by atoms with E-state index in [0.717, 1.165) is 38.4 Å². The summed E-state index contributed by atoms with van der Waals surface area (Å²) >= 11 is 6.44. The van der Waals surface area contributed by atoms with Crippen molar-refractivity contribution in [2.45, 2.75) is 27.4 Å². The predicted molar refractivity (Wildman–Crippen MR) is 120 cm³/mol. The van der Waals surface area contributed by atoms with Crippen molar-refractivity contribution < 1.29 is 4.74 Å². The SMILES string of the molecule is Cc1ccc(-c2cc(C)c(OCc3c(Cl)cccc3-n3nnn(C)c3=O)cc2C)nc1. The highest BCUT2D eigenvalue weighted by Crippen LogP contribution is 2.31. The molecule has 2 aromatic heterocycles. The molecule has 0 amide bonds. The van der Waals surface area contributed by atoms with Gasteiger partial charge in [0.25, 0.3) is 0 Å². The van der Waals surface area contributed by atoms with Gasteiger partial charge in [0, 0.05) is 29.4 Å². The number of benzene rings is 2. The molecule has 2 aromatic carbocycles. The standard InChI is InChI=1S/C23H22ClN5O2/c1-14-8-9-20(25-12-14)17-10-16(3)22(11-15(17)2)31-13-18-19(24)6-5-7-21(18)29-23(30)28(4)26-27-29/h5-12H,13H2,1-4H3. The Morgan fingerprint density at radius 2 is 1.84 bits per heavy atom. The van der Waals surface area contributed by atoms with Gasteiger partial charge in [0.2, 0.25) is 0 Å². The fourth-order valence-electron chi connectivity index (χ4n) is 3.35. The number of hydrogen-bond acceptors (Lipinski definition) is 5. The van der Waals surface area contributed by atoms with Gasteiger partial charge >= 0.3 is 5.69 Å². The molecule has 0 radical (unpaired) electrons. The molecule has 7 nitrogen and oxygen atoms in total. The minimum atomic E-state index is -0.356. The summed E-state index contributed by atoms with van der Waals surface area (Å²) in [5.41, 5.74) is 5.99. The fraction of sp³-hybridized carbons (Fsp3) is 0.217. The Kier molecular flexibility index (Phi) is 5.61. The van der Waals surface area contributed by atoms with Gasteiger partial charge in [0.15, 0.2) is 0 Å². The monoisotopic (exact) mass is 435 g/mol. The van der Waals surface area contributed by atoms with Gasteiger partial charge in [-0.3, -0.25) is 4.98 Å². The van der Waals surface area contributed by atoms with Crippen molar-refractivity contribution in [3.8, 4) is 22.7 Å². The molecule has 0 N–H and O–H groups in total. The highest BCUT2D eigenvalue weighted by molar-refractivity contribution is 6.31. The van der Waals surface area contributed by atoms with Gasteiger partial charge in [0.1, 0.15) is 12.4 Å². The number of aryl methyl sites for hydroxylation is 4. The van der Waals surface area contributed by atoms with Gasteiger partial charge in [-0.25, -0.2) is 4.79 Å². The Balaban J connectivity index is 1.65.